The molecule has 0 bridgehead atoms. The fourth-order valence-electron chi connectivity index (χ4n) is 2.73. The lowest BCUT2D eigenvalue weighted by Crippen LogP contribution is -2.26. The highest BCUT2D eigenvalue weighted by Crippen LogP contribution is 2.24. The van der Waals surface area contributed by atoms with Crippen molar-refractivity contribution in [1.82, 2.24) is 9.88 Å². The summed E-state index contributed by atoms with van der Waals surface area (Å²) >= 11 is 3.22. The topological polar surface area (TPSA) is 50.3 Å². The molecule has 130 valence electrons. The van der Waals surface area contributed by atoms with Crippen LogP contribution in [0.5, 0.6) is 0 Å². The smallest absolute Gasteiger partial charge is 0.223 e. The predicted octanol–water partition coefficient (Wildman–Crippen LogP) is 4.60. The van der Waals surface area contributed by atoms with Gasteiger partial charge in [0.25, 0.3) is 0 Å². The van der Waals surface area contributed by atoms with Gasteiger partial charge in [0.1, 0.15) is 5.01 Å². The predicted molar refractivity (Wildman–Crippen MR) is 103 cm³/mol. The second-order valence-corrected chi connectivity index (χ2v) is 8.65. The Bertz CT molecular complexity index is 894. The summed E-state index contributed by atoms with van der Waals surface area (Å²) in [5.74, 6) is 0.0146. The van der Waals surface area contributed by atoms with E-state index in [-0.39, 0.29) is 24.5 Å². The molecule has 0 aliphatic carbocycles. The molecule has 25 heavy (non-hydrogen) atoms. The summed E-state index contributed by atoms with van der Waals surface area (Å²) in [6.07, 6.45) is 0.481. The van der Waals surface area contributed by atoms with Crippen molar-refractivity contribution in [2.75, 3.05) is 7.05 Å². The van der Waals surface area contributed by atoms with E-state index < -0.39 is 0 Å². The van der Waals surface area contributed by atoms with Crippen LogP contribution >= 0.6 is 22.7 Å². The van der Waals surface area contributed by atoms with Crippen LogP contribution in [0.1, 0.15) is 38.0 Å². The summed E-state index contributed by atoms with van der Waals surface area (Å²) in [4.78, 5) is 33.0. The first-order valence-electron chi connectivity index (χ1n) is 8.12. The third-order valence-corrected chi connectivity index (χ3v) is 6.03. The molecule has 1 aromatic carbocycles. The number of Topliss-reactive ketones (excluding diaryl/α,β-unsaturated/α-hetero) is 1. The van der Waals surface area contributed by atoms with Crippen molar-refractivity contribution < 1.29 is 9.59 Å². The first kappa shape index (κ1) is 17.8. The Labute approximate surface area is 155 Å². The van der Waals surface area contributed by atoms with Crippen LogP contribution in [0.4, 0.5) is 0 Å². The van der Waals surface area contributed by atoms with Crippen molar-refractivity contribution in [3.8, 4) is 0 Å². The van der Waals surface area contributed by atoms with Gasteiger partial charge in [-0.2, -0.15) is 0 Å². The first-order chi connectivity index (χ1) is 11.9. The molecular weight excluding hydrogens is 352 g/mol. The molecule has 1 amide bonds. The Hall–Kier alpha value is -2.05. The summed E-state index contributed by atoms with van der Waals surface area (Å²) in [7, 11) is 1.76. The summed E-state index contributed by atoms with van der Waals surface area (Å²) in [5, 5.41) is 0.910. The molecular formula is C19H20N2O2S2. The van der Waals surface area contributed by atoms with E-state index in [0.717, 1.165) is 30.5 Å². The van der Waals surface area contributed by atoms with E-state index in [1.54, 1.807) is 34.6 Å². The number of para-hydroxylation sites is 1. The standard InChI is InChI=1S/C19H20N2O2S2/c1-12-10-14(13(2)24-12)16(22)8-9-19(23)21(3)11-18-20-15-6-4-5-7-17(15)25-18/h4-7,10H,8-9,11H2,1-3H3. The number of carbonyl (C=O) groups is 2. The van der Waals surface area contributed by atoms with E-state index in [4.69, 9.17) is 0 Å². The molecule has 4 nitrogen and oxygen atoms in total. The van der Waals surface area contributed by atoms with Crippen LogP contribution in [0.25, 0.3) is 10.2 Å². The third kappa shape index (κ3) is 4.14. The number of benzene rings is 1. The van der Waals surface area contributed by atoms with E-state index in [9.17, 15) is 9.59 Å². The van der Waals surface area contributed by atoms with E-state index >= 15 is 0 Å². The number of ketones is 1. The minimum Gasteiger partial charge on any atom is -0.339 e. The number of hydrogen-bond acceptors (Lipinski definition) is 5. The van der Waals surface area contributed by atoms with Crippen LogP contribution < -0.4 is 0 Å². The Morgan fingerprint density at radius 3 is 2.56 bits per heavy atom. The average Bonchev–Trinajstić information content (AvgIpc) is 3.13. The van der Waals surface area contributed by atoms with Crippen molar-refractivity contribution in [3.63, 3.8) is 0 Å². The Kier molecular flexibility index (Phi) is 5.30. The second kappa shape index (κ2) is 7.45. The van der Waals surface area contributed by atoms with Gasteiger partial charge < -0.3 is 4.90 Å². The number of thiophene rings is 1. The van der Waals surface area contributed by atoms with E-state index in [0.29, 0.717) is 6.54 Å². The van der Waals surface area contributed by atoms with Gasteiger partial charge in [-0.3, -0.25) is 9.59 Å². The zero-order chi connectivity index (χ0) is 18.0. The average molecular weight is 373 g/mol. The lowest BCUT2D eigenvalue weighted by Gasteiger charge is -2.15. The summed E-state index contributed by atoms with van der Waals surface area (Å²) in [6, 6.07) is 9.86. The van der Waals surface area contributed by atoms with Crippen molar-refractivity contribution in [1.29, 1.82) is 0 Å². The Balaban J connectivity index is 1.57. The van der Waals surface area contributed by atoms with Crippen molar-refractivity contribution >= 4 is 44.6 Å². The highest BCUT2D eigenvalue weighted by molar-refractivity contribution is 7.18. The van der Waals surface area contributed by atoms with Crippen LogP contribution in [0.2, 0.25) is 0 Å². The van der Waals surface area contributed by atoms with Gasteiger partial charge in [-0.15, -0.1) is 22.7 Å². The number of fused-ring (bicyclic) bond motifs is 1. The molecule has 0 radical (unpaired) electrons. The summed E-state index contributed by atoms with van der Waals surface area (Å²) in [6.45, 7) is 4.42. The summed E-state index contributed by atoms with van der Waals surface area (Å²) in [5.41, 5.74) is 1.71. The molecule has 0 spiro atoms. The molecule has 0 atom stereocenters. The number of aromatic nitrogens is 1. The van der Waals surface area contributed by atoms with Crippen molar-refractivity contribution in [2.45, 2.75) is 33.2 Å². The molecule has 3 rings (SSSR count). The molecule has 2 heterocycles. The number of carbonyl (C=O) groups excluding carboxylic acids is 2. The maximum Gasteiger partial charge on any atom is 0.223 e. The van der Waals surface area contributed by atoms with Gasteiger partial charge in [0.05, 0.1) is 16.8 Å². The SMILES string of the molecule is Cc1cc(C(=O)CCC(=O)N(C)Cc2nc3ccccc3s2)c(C)s1. The quantitative estimate of drug-likeness (QED) is 0.594. The maximum absolute atomic E-state index is 12.3. The largest absolute Gasteiger partial charge is 0.339 e. The van der Waals surface area contributed by atoms with Crippen LogP contribution in [-0.4, -0.2) is 28.6 Å². The number of amides is 1. The molecule has 0 aliphatic rings. The Morgan fingerprint density at radius 2 is 1.88 bits per heavy atom. The van der Waals surface area contributed by atoms with Gasteiger partial charge in [-0.05, 0) is 32.0 Å². The molecule has 0 unspecified atom stereocenters. The first-order valence-corrected chi connectivity index (χ1v) is 9.76. The van der Waals surface area contributed by atoms with Crippen LogP contribution in [-0.2, 0) is 11.3 Å². The van der Waals surface area contributed by atoms with Crippen LogP contribution in [0.15, 0.2) is 30.3 Å². The molecule has 6 heteroatoms. The third-order valence-electron chi connectivity index (χ3n) is 4.04. The Morgan fingerprint density at radius 1 is 1.12 bits per heavy atom. The van der Waals surface area contributed by atoms with Gasteiger partial charge in [0.15, 0.2) is 5.78 Å². The van der Waals surface area contributed by atoms with Gasteiger partial charge in [-0.1, -0.05) is 12.1 Å². The normalized spacial score (nSPS) is 11.0. The molecule has 0 fully saturated rings. The fourth-order valence-corrected chi connectivity index (χ4v) is 4.70. The zero-order valence-corrected chi connectivity index (χ0v) is 16.2. The van der Waals surface area contributed by atoms with Gasteiger partial charge in [-0.25, -0.2) is 4.98 Å². The van der Waals surface area contributed by atoms with E-state index in [1.807, 2.05) is 44.2 Å². The molecule has 0 saturated carbocycles. The van der Waals surface area contributed by atoms with Gasteiger partial charge in [0, 0.05) is 35.2 Å². The highest BCUT2D eigenvalue weighted by atomic mass is 32.1. The van der Waals surface area contributed by atoms with Gasteiger partial charge in [0.2, 0.25) is 5.91 Å². The van der Waals surface area contributed by atoms with Crippen molar-refractivity contribution in [3.05, 3.63) is 50.7 Å². The number of thiazole rings is 1. The van der Waals surface area contributed by atoms with E-state index in [2.05, 4.69) is 4.98 Å². The minimum absolute atomic E-state index is 0.0304. The molecule has 3 aromatic rings. The van der Waals surface area contributed by atoms with Crippen LogP contribution in [0, 0.1) is 13.8 Å². The van der Waals surface area contributed by atoms with Crippen molar-refractivity contribution in [2.24, 2.45) is 0 Å². The van der Waals surface area contributed by atoms with E-state index in [1.165, 1.54) is 0 Å². The second-order valence-electron chi connectivity index (χ2n) is 6.08. The zero-order valence-electron chi connectivity index (χ0n) is 14.5. The maximum atomic E-state index is 12.3. The highest BCUT2D eigenvalue weighted by Gasteiger charge is 2.16. The number of aryl methyl sites for hydroxylation is 2. The summed E-state index contributed by atoms with van der Waals surface area (Å²) < 4.78 is 1.12. The molecule has 2 aromatic heterocycles. The molecule has 0 saturated heterocycles. The van der Waals surface area contributed by atoms with Crippen LogP contribution in [0.3, 0.4) is 0 Å². The van der Waals surface area contributed by atoms with Gasteiger partial charge >= 0.3 is 0 Å². The number of rotatable bonds is 6. The lowest BCUT2D eigenvalue weighted by atomic mass is 10.1. The number of nitrogens with zero attached hydrogens (tertiary/aromatic N) is 2. The monoisotopic (exact) mass is 372 g/mol. The molecule has 0 N–H and O–H groups in total. The fraction of sp³-hybridized carbons (Fsp3) is 0.316. The minimum atomic E-state index is -0.0304. The molecule has 0 aliphatic heterocycles. The number of hydrogen-bond donors (Lipinski definition) is 0. The lowest BCUT2D eigenvalue weighted by molar-refractivity contribution is -0.130.